The van der Waals surface area contributed by atoms with Crippen molar-refractivity contribution >= 4 is 21.9 Å². The number of hydrogen-bond acceptors (Lipinski definition) is 6. The standard InChI is InChI=1S/C17H22FN3O5S/c1-12(2)17(3,11-19)20-15(22)10-26-16(23)9-21(4)27(24,25)14-7-5-13(18)6-8-14/h5-8,12H,9-10H2,1-4H3,(H,20,22)/t17-/m1/s1. The summed E-state index contributed by atoms with van der Waals surface area (Å²) in [6.07, 6.45) is 0. The molecule has 1 aromatic rings. The van der Waals surface area contributed by atoms with Gasteiger partial charge in [0.25, 0.3) is 5.91 Å². The molecule has 0 unspecified atom stereocenters. The molecule has 0 bridgehead atoms. The SMILES string of the molecule is CC(C)[C@@](C)(C#N)NC(=O)COC(=O)CN(C)S(=O)(=O)c1ccc(F)cc1. The Morgan fingerprint density at radius 2 is 1.89 bits per heavy atom. The van der Waals surface area contributed by atoms with Gasteiger partial charge in [0.1, 0.15) is 17.9 Å². The molecule has 1 amide bonds. The number of likely N-dealkylation sites (N-methyl/N-ethyl adjacent to an activating group) is 1. The van der Waals surface area contributed by atoms with Crippen molar-refractivity contribution in [2.24, 2.45) is 5.92 Å². The molecule has 148 valence electrons. The minimum Gasteiger partial charge on any atom is -0.455 e. The predicted octanol–water partition coefficient (Wildman–Crippen LogP) is 1.04. The maximum absolute atomic E-state index is 12.9. The lowest BCUT2D eigenvalue weighted by atomic mass is 9.90. The van der Waals surface area contributed by atoms with Gasteiger partial charge in [-0.3, -0.25) is 9.59 Å². The monoisotopic (exact) mass is 399 g/mol. The number of carbonyl (C=O) groups is 2. The van der Waals surface area contributed by atoms with Gasteiger partial charge in [0.2, 0.25) is 10.0 Å². The van der Waals surface area contributed by atoms with E-state index < -0.39 is 46.4 Å². The van der Waals surface area contributed by atoms with Gasteiger partial charge in [0.05, 0.1) is 11.0 Å². The molecule has 0 saturated carbocycles. The van der Waals surface area contributed by atoms with Gasteiger partial charge in [-0.1, -0.05) is 13.8 Å². The van der Waals surface area contributed by atoms with Gasteiger partial charge in [-0.05, 0) is 37.1 Å². The number of nitrogens with zero attached hydrogens (tertiary/aromatic N) is 2. The Balaban J connectivity index is 2.63. The highest BCUT2D eigenvalue weighted by Gasteiger charge is 2.30. The highest BCUT2D eigenvalue weighted by molar-refractivity contribution is 7.89. The molecule has 1 rings (SSSR count). The molecule has 1 aromatic carbocycles. The molecule has 0 radical (unpaired) electrons. The van der Waals surface area contributed by atoms with Crippen LogP contribution in [0, 0.1) is 23.1 Å². The van der Waals surface area contributed by atoms with E-state index in [-0.39, 0.29) is 10.8 Å². The van der Waals surface area contributed by atoms with Crippen LogP contribution in [0.1, 0.15) is 20.8 Å². The summed E-state index contributed by atoms with van der Waals surface area (Å²) in [6, 6.07) is 6.12. The molecule has 27 heavy (non-hydrogen) atoms. The highest BCUT2D eigenvalue weighted by Crippen LogP contribution is 2.16. The second-order valence-electron chi connectivity index (χ2n) is 6.39. The maximum atomic E-state index is 12.9. The van der Waals surface area contributed by atoms with Crippen molar-refractivity contribution in [2.75, 3.05) is 20.2 Å². The predicted molar refractivity (Wildman–Crippen MR) is 94.2 cm³/mol. The van der Waals surface area contributed by atoms with Crippen LogP contribution in [0.25, 0.3) is 0 Å². The summed E-state index contributed by atoms with van der Waals surface area (Å²) < 4.78 is 43.0. The van der Waals surface area contributed by atoms with Crippen molar-refractivity contribution in [2.45, 2.75) is 31.2 Å². The molecule has 10 heteroatoms. The number of esters is 1. The lowest BCUT2D eigenvalue weighted by molar-refractivity contribution is -0.148. The second-order valence-corrected chi connectivity index (χ2v) is 8.44. The lowest BCUT2D eigenvalue weighted by Gasteiger charge is -2.27. The largest absolute Gasteiger partial charge is 0.455 e. The topological polar surface area (TPSA) is 117 Å². The number of hydrogen-bond donors (Lipinski definition) is 1. The van der Waals surface area contributed by atoms with Crippen LogP contribution in [0.2, 0.25) is 0 Å². The molecule has 0 aromatic heterocycles. The Morgan fingerprint density at radius 1 is 1.33 bits per heavy atom. The average molecular weight is 399 g/mol. The summed E-state index contributed by atoms with van der Waals surface area (Å²) in [6.45, 7) is 3.77. The summed E-state index contributed by atoms with van der Waals surface area (Å²) in [7, 11) is -2.85. The Bertz CT molecular complexity index is 833. The van der Waals surface area contributed by atoms with Crippen molar-refractivity contribution in [3.63, 3.8) is 0 Å². The zero-order chi connectivity index (χ0) is 20.8. The van der Waals surface area contributed by atoms with Crippen LogP contribution in [-0.2, 0) is 24.3 Å². The highest BCUT2D eigenvalue weighted by atomic mass is 32.2. The number of amides is 1. The lowest BCUT2D eigenvalue weighted by Crippen LogP contribution is -2.50. The van der Waals surface area contributed by atoms with Gasteiger partial charge in [-0.2, -0.15) is 9.57 Å². The number of nitrogens with one attached hydrogen (secondary N) is 1. The molecule has 0 fully saturated rings. The van der Waals surface area contributed by atoms with Crippen LogP contribution in [0.5, 0.6) is 0 Å². The fraction of sp³-hybridized carbons (Fsp3) is 0.471. The van der Waals surface area contributed by atoms with Gasteiger partial charge in [0.15, 0.2) is 6.61 Å². The van der Waals surface area contributed by atoms with Crippen LogP contribution < -0.4 is 5.32 Å². The molecule has 0 aliphatic rings. The van der Waals surface area contributed by atoms with E-state index in [1.54, 1.807) is 20.8 Å². The number of carbonyl (C=O) groups excluding carboxylic acids is 2. The first kappa shape index (κ1) is 22.5. The van der Waals surface area contributed by atoms with E-state index in [4.69, 9.17) is 10.00 Å². The molecule has 0 aliphatic heterocycles. The summed E-state index contributed by atoms with van der Waals surface area (Å²) in [5.41, 5.74) is -1.12. The van der Waals surface area contributed by atoms with Crippen molar-refractivity contribution in [1.29, 1.82) is 5.26 Å². The Morgan fingerprint density at radius 3 is 2.37 bits per heavy atom. The summed E-state index contributed by atoms with van der Waals surface area (Å²) in [5, 5.41) is 11.6. The maximum Gasteiger partial charge on any atom is 0.321 e. The summed E-state index contributed by atoms with van der Waals surface area (Å²) in [5.74, 6) is -2.38. The third kappa shape index (κ3) is 6.01. The minimum atomic E-state index is -4.01. The zero-order valence-electron chi connectivity index (χ0n) is 15.5. The molecular weight excluding hydrogens is 377 g/mol. The fourth-order valence-electron chi connectivity index (χ4n) is 1.87. The third-order valence-corrected chi connectivity index (χ3v) is 5.84. The molecule has 0 spiro atoms. The number of sulfonamides is 1. The number of nitriles is 1. The second kappa shape index (κ2) is 8.92. The van der Waals surface area contributed by atoms with E-state index in [1.807, 2.05) is 6.07 Å². The first-order valence-corrected chi connectivity index (χ1v) is 9.46. The van der Waals surface area contributed by atoms with Crippen molar-refractivity contribution in [3.05, 3.63) is 30.1 Å². The van der Waals surface area contributed by atoms with Gasteiger partial charge in [-0.15, -0.1) is 0 Å². The van der Waals surface area contributed by atoms with Gasteiger partial charge < -0.3 is 10.1 Å². The first-order chi connectivity index (χ1) is 12.4. The Kier molecular flexibility index (Phi) is 7.45. The quantitative estimate of drug-likeness (QED) is 0.653. The molecule has 0 heterocycles. The van der Waals surface area contributed by atoms with E-state index >= 15 is 0 Å². The minimum absolute atomic E-state index is 0.172. The van der Waals surface area contributed by atoms with E-state index in [1.165, 1.54) is 0 Å². The summed E-state index contributed by atoms with van der Waals surface area (Å²) >= 11 is 0. The number of halogens is 1. The molecule has 1 atom stereocenters. The molecule has 8 nitrogen and oxygen atoms in total. The van der Waals surface area contributed by atoms with E-state index in [0.29, 0.717) is 0 Å². The summed E-state index contributed by atoms with van der Waals surface area (Å²) in [4.78, 5) is 23.5. The average Bonchev–Trinajstić information content (AvgIpc) is 2.60. The smallest absolute Gasteiger partial charge is 0.321 e. The van der Waals surface area contributed by atoms with Crippen molar-refractivity contribution in [3.8, 4) is 6.07 Å². The molecular formula is C17H22FN3O5S. The van der Waals surface area contributed by atoms with Crippen molar-refractivity contribution < 1.29 is 27.1 Å². The number of ether oxygens (including phenoxy) is 1. The third-order valence-electron chi connectivity index (χ3n) is 4.02. The van der Waals surface area contributed by atoms with Crippen LogP contribution in [-0.4, -0.2) is 50.3 Å². The Labute approximate surface area is 158 Å². The normalized spacial score (nSPS) is 13.7. The Hall–Kier alpha value is -2.51. The van der Waals surface area contributed by atoms with Crippen LogP contribution in [0.3, 0.4) is 0 Å². The van der Waals surface area contributed by atoms with E-state index in [2.05, 4.69) is 5.32 Å². The number of rotatable bonds is 8. The van der Waals surface area contributed by atoms with Crippen LogP contribution in [0.15, 0.2) is 29.2 Å². The van der Waals surface area contributed by atoms with Crippen molar-refractivity contribution in [1.82, 2.24) is 9.62 Å². The van der Waals surface area contributed by atoms with Crippen LogP contribution in [0.4, 0.5) is 4.39 Å². The number of benzene rings is 1. The van der Waals surface area contributed by atoms with Gasteiger partial charge in [-0.25, -0.2) is 12.8 Å². The molecule has 0 aliphatic carbocycles. The molecule has 1 N–H and O–H groups in total. The van der Waals surface area contributed by atoms with Gasteiger partial charge in [0, 0.05) is 7.05 Å². The fourth-order valence-corrected chi connectivity index (χ4v) is 2.99. The van der Waals surface area contributed by atoms with Gasteiger partial charge >= 0.3 is 5.97 Å². The first-order valence-electron chi connectivity index (χ1n) is 8.02. The zero-order valence-corrected chi connectivity index (χ0v) is 16.3. The van der Waals surface area contributed by atoms with E-state index in [9.17, 15) is 22.4 Å². The molecule has 0 saturated heterocycles. The van der Waals surface area contributed by atoms with E-state index in [0.717, 1.165) is 35.6 Å². The van der Waals surface area contributed by atoms with Crippen LogP contribution >= 0.6 is 0 Å².